The fourth-order valence-electron chi connectivity index (χ4n) is 1.33. The van der Waals surface area contributed by atoms with Crippen LogP contribution in [0.25, 0.3) is 0 Å². The number of nitrogens with one attached hydrogen (secondary N) is 1. The van der Waals surface area contributed by atoms with Crippen molar-refractivity contribution in [2.45, 2.75) is 18.9 Å². The van der Waals surface area contributed by atoms with Crippen molar-refractivity contribution >= 4 is 23.6 Å². The Kier molecular flexibility index (Phi) is 5.62. The third-order valence-corrected chi connectivity index (χ3v) is 3.26. The summed E-state index contributed by atoms with van der Waals surface area (Å²) in [5, 5.41) is 11.5. The Morgan fingerprint density at radius 3 is 2.75 bits per heavy atom. The van der Waals surface area contributed by atoms with Gasteiger partial charge in [-0.25, -0.2) is 4.79 Å². The molecule has 0 heterocycles. The van der Waals surface area contributed by atoms with Crippen LogP contribution in [0.5, 0.6) is 0 Å². The molecular weight excluding hydrogens is 230 g/mol. The molecule has 0 spiro atoms. The minimum atomic E-state index is -0.933. The maximum Gasteiger partial charge on any atom is 0.326 e. The van der Waals surface area contributed by atoms with Crippen molar-refractivity contribution in [1.29, 1.82) is 0 Å². The predicted octanol–water partition coefficient (Wildman–Crippen LogP) is 0.345. The van der Waals surface area contributed by atoms with Crippen molar-refractivity contribution in [3.8, 4) is 0 Å². The highest BCUT2D eigenvalue weighted by atomic mass is 32.2. The van der Waals surface area contributed by atoms with E-state index in [1.54, 1.807) is 7.11 Å². The van der Waals surface area contributed by atoms with Crippen LogP contribution in [-0.2, 0) is 14.3 Å². The van der Waals surface area contributed by atoms with E-state index in [9.17, 15) is 9.59 Å². The van der Waals surface area contributed by atoms with Gasteiger partial charge in [0.1, 0.15) is 6.04 Å². The SMILES string of the molecule is COCCSCC(=O)NC(C(=O)O)C1CC1. The second kappa shape index (κ2) is 6.75. The fraction of sp³-hybridized carbons (Fsp3) is 0.800. The van der Waals surface area contributed by atoms with E-state index in [0.29, 0.717) is 12.4 Å². The molecule has 1 aliphatic rings. The van der Waals surface area contributed by atoms with Gasteiger partial charge >= 0.3 is 5.97 Å². The molecule has 6 heteroatoms. The molecule has 0 aromatic rings. The summed E-state index contributed by atoms with van der Waals surface area (Å²) in [7, 11) is 1.61. The van der Waals surface area contributed by atoms with Crippen LogP contribution >= 0.6 is 11.8 Å². The Morgan fingerprint density at radius 1 is 1.56 bits per heavy atom. The van der Waals surface area contributed by atoms with Crippen LogP contribution in [-0.4, -0.2) is 48.2 Å². The number of carbonyl (C=O) groups is 2. The van der Waals surface area contributed by atoms with E-state index in [4.69, 9.17) is 9.84 Å². The summed E-state index contributed by atoms with van der Waals surface area (Å²) < 4.78 is 4.84. The highest BCUT2D eigenvalue weighted by Gasteiger charge is 2.37. The number of hydrogen-bond acceptors (Lipinski definition) is 4. The van der Waals surface area contributed by atoms with E-state index in [2.05, 4.69) is 5.32 Å². The summed E-state index contributed by atoms with van der Waals surface area (Å²) in [6.45, 7) is 0.600. The van der Waals surface area contributed by atoms with Crippen LogP contribution in [0.2, 0.25) is 0 Å². The Balaban J connectivity index is 2.18. The maximum atomic E-state index is 11.4. The largest absolute Gasteiger partial charge is 0.480 e. The molecule has 1 saturated carbocycles. The predicted molar refractivity (Wildman–Crippen MR) is 61.5 cm³/mol. The van der Waals surface area contributed by atoms with Gasteiger partial charge in [0.2, 0.25) is 5.91 Å². The first-order valence-corrected chi connectivity index (χ1v) is 6.39. The van der Waals surface area contributed by atoms with Crippen LogP contribution in [0.1, 0.15) is 12.8 Å². The molecule has 0 saturated heterocycles. The number of rotatable bonds is 8. The van der Waals surface area contributed by atoms with Crippen LogP contribution < -0.4 is 5.32 Å². The van der Waals surface area contributed by atoms with Gasteiger partial charge < -0.3 is 15.2 Å². The molecule has 1 amide bonds. The lowest BCUT2D eigenvalue weighted by Crippen LogP contribution is -2.43. The molecule has 0 aromatic heterocycles. The van der Waals surface area contributed by atoms with Crippen LogP contribution in [0.15, 0.2) is 0 Å². The van der Waals surface area contributed by atoms with Gasteiger partial charge in [-0.3, -0.25) is 4.79 Å². The molecule has 1 atom stereocenters. The minimum absolute atomic E-state index is 0.130. The molecule has 1 rings (SSSR count). The summed E-state index contributed by atoms with van der Waals surface area (Å²) in [6.07, 6.45) is 1.79. The summed E-state index contributed by atoms with van der Waals surface area (Å²) in [5.41, 5.74) is 0. The second-order valence-electron chi connectivity index (χ2n) is 3.77. The van der Waals surface area contributed by atoms with Crippen LogP contribution in [0.4, 0.5) is 0 Å². The van der Waals surface area contributed by atoms with Crippen molar-refractivity contribution < 1.29 is 19.4 Å². The van der Waals surface area contributed by atoms with E-state index < -0.39 is 12.0 Å². The molecular formula is C10H17NO4S. The highest BCUT2D eigenvalue weighted by molar-refractivity contribution is 7.99. The summed E-state index contributed by atoms with van der Waals surface area (Å²) >= 11 is 1.44. The molecule has 0 aliphatic heterocycles. The first kappa shape index (κ1) is 13.3. The molecule has 1 aliphatic carbocycles. The van der Waals surface area contributed by atoms with Gasteiger partial charge in [0.15, 0.2) is 0 Å². The van der Waals surface area contributed by atoms with E-state index in [0.717, 1.165) is 18.6 Å². The normalized spacial score (nSPS) is 16.8. The number of amides is 1. The molecule has 92 valence electrons. The van der Waals surface area contributed by atoms with Crippen LogP contribution in [0.3, 0.4) is 0 Å². The van der Waals surface area contributed by atoms with E-state index in [-0.39, 0.29) is 11.8 Å². The smallest absolute Gasteiger partial charge is 0.326 e. The highest BCUT2D eigenvalue weighted by Crippen LogP contribution is 2.32. The van der Waals surface area contributed by atoms with Crippen molar-refractivity contribution in [1.82, 2.24) is 5.32 Å². The minimum Gasteiger partial charge on any atom is -0.480 e. The van der Waals surface area contributed by atoms with Gasteiger partial charge in [-0.1, -0.05) is 0 Å². The maximum absolute atomic E-state index is 11.4. The fourth-order valence-corrected chi connectivity index (χ4v) is 2.03. The molecule has 0 bridgehead atoms. The van der Waals surface area contributed by atoms with Gasteiger partial charge in [0, 0.05) is 12.9 Å². The first-order valence-electron chi connectivity index (χ1n) is 5.24. The molecule has 1 unspecified atom stereocenters. The number of aliphatic carboxylic acids is 1. The molecule has 1 fully saturated rings. The van der Waals surface area contributed by atoms with Gasteiger partial charge in [-0.15, -0.1) is 11.8 Å². The Labute approximate surface area is 98.9 Å². The Bertz CT molecular complexity index is 255. The topological polar surface area (TPSA) is 75.6 Å². The zero-order valence-electron chi connectivity index (χ0n) is 9.27. The number of carbonyl (C=O) groups excluding carboxylic acids is 1. The lowest BCUT2D eigenvalue weighted by atomic mass is 10.2. The number of hydrogen-bond donors (Lipinski definition) is 2. The zero-order valence-corrected chi connectivity index (χ0v) is 10.1. The van der Waals surface area contributed by atoms with Crippen LogP contribution in [0, 0.1) is 5.92 Å². The standard InChI is InChI=1S/C10H17NO4S/c1-15-4-5-16-6-8(12)11-9(10(13)14)7-2-3-7/h7,9H,2-6H2,1H3,(H,11,12)(H,13,14). The Morgan fingerprint density at radius 2 is 2.25 bits per heavy atom. The van der Waals surface area contributed by atoms with Gasteiger partial charge in [-0.2, -0.15) is 0 Å². The Hall–Kier alpha value is -0.750. The van der Waals surface area contributed by atoms with Crippen molar-refractivity contribution in [3.05, 3.63) is 0 Å². The molecule has 0 radical (unpaired) electrons. The molecule has 5 nitrogen and oxygen atoms in total. The number of thioether (sulfide) groups is 1. The van der Waals surface area contributed by atoms with E-state index in [1.807, 2.05) is 0 Å². The third kappa shape index (κ3) is 4.85. The monoisotopic (exact) mass is 247 g/mol. The lowest BCUT2D eigenvalue weighted by molar-refractivity contribution is -0.142. The zero-order chi connectivity index (χ0) is 12.0. The average Bonchev–Trinajstić information content (AvgIpc) is 3.04. The number of methoxy groups -OCH3 is 1. The van der Waals surface area contributed by atoms with Crippen molar-refractivity contribution in [2.24, 2.45) is 5.92 Å². The summed E-state index contributed by atoms with van der Waals surface area (Å²) in [6, 6.07) is -0.699. The number of ether oxygens (including phenoxy) is 1. The quantitative estimate of drug-likeness (QED) is 0.605. The second-order valence-corrected chi connectivity index (χ2v) is 4.87. The average molecular weight is 247 g/mol. The van der Waals surface area contributed by atoms with Gasteiger partial charge in [-0.05, 0) is 18.8 Å². The van der Waals surface area contributed by atoms with Crippen molar-refractivity contribution in [2.75, 3.05) is 25.2 Å². The van der Waals surface area contributed by atoms with Gasteiger partial charge in [0.05, 0.1) is 12.4 Å². The first-order chi connectivity index (χ1) is 7.65. The van der Waals surface area contributed by atoms with Gasteiger partial charge in [0.25, 0.3) is 0 Å². The molecule has 2 N–H and O–H groups in total. The third-order valence-electron chi connectivity index (χ3n) is 2.34. The number of carboxylic acids is 1. The summed E-state index contributed by atoms with van der Waals surface area (Å²) in [4.78, 5) is 22.3. The summed E-state index contributed by atoms with van der Waals surface area (Å²) in [5.74, 6) is 0.0221. The molecule has 0 aromatic carbocycles. The lowest BCUT2D eigenvalue weighted by Gasteiger charge is -2.13. The number of carboxylic acid groups (broad SMARTS) is 1. The molecule has 16 heavy (non-hydrogen) atoms. The van der Waals surface area contributed by atoms with Crippen molar-refractivity contribution in [3.63, 3.8) is 0 Å². The van der Waals surface area contributed by atoms with E-state index in [1.165, 1.54) is 11.8 Å². The van der Waals surface area contributed by atoms with E-state index >= 15 is 0 Å².